The van der Waals surface area contributed by atoms with Crippen LogP contribution < -0.4 is 25.4 Å². The van der Waals surface area contributed by atoms with Crippen molar-refractivity contribution >= 4 is 52.1 Å². The van der Waals surface area contributed by atoms with E-state index in [-0.39, 0.29) is 16.9 Å². The van der Waals surface area contributed by atoms with Crippen LogP contribution >= 0.6 is 23.8 Å². The van der Waals surface area contributed by atoms with E-state index in [1.54, 1.807) is 73.7 Å². The fourth-order valence-corrected chi connectivity index (χ4v) is 4.09. The van der Waals surface area contributed by atoms with Crippen LogP contribution in [0.4, 0.5) is 11.4 Å². The van der Waals surface area contributed by atoms with Crippen molar-refractivity contribution in [3.05, 3.63) is 119 Å². The zero-order chi connectivity index (χ0) is 28.3. The molecule has 0 saturated heterocycles. The number of halogens is 1. The summed E-state index contributed by atoms with van der Waals surface area (Å²) in [6.07, 6.45) is -0.0359. The van der Waals surface area contributed by atoms with E-state index in [1.807, 2.05) is 36.4 Å². The summed E-state index contributed by atoms with van der Waals surface area (Å²) >= 11 is 11.4. The molecule has 2 amide bonds. The number of benzene rings is 4. The third-order valence-electron chi connectivity index (χ3n) is 5.77. The van der Waals surface area contributed by atoms with Crippen molar-refractivity contribution < 1.29 is 19.1 Å². The highest BCUT2D eigenvalue weighted by molar-refractivity contribution is 7.80. The Labute approximate surface area is 243 Å². The highest BCUT2D eigenvalue weighted by Crippen LogP contribution is 2.24. The van der Waals surface area contributed by atoms with Crippen molar-refractivity contribution in [2.45, 2.75) is 19.4 Å². The van der Waals surface area contributed by atoms with Crippen LogP contribution in [0.15, 0.2) is 103 Å². The van der Waals surface area contributed by atoms with Crippen LogP contribution in [0.5, 0.6) is 11.5 Å². The molecule has 0 radical (unpaired) electrons. The zero-order valence-corrected chi connectivity index (χ0v) is 23.3. The van der Waals surface area contributed by atoms with E-state index in [2.05, 4.69) is 16.0 Å². The maximum atomic E-state index is 12.9. The van der Waals surface area contributed by atoms with Crippen molar-refractivity contribution in [1.29, 1.82) is 0 Å². The zero-order valence-electron chi connectivity index (χ0n) is 21.7. The molecule has 0 aliphatic heterocycles. The van der Waals surface area contributed by atoms with E-state index >= 15 is 0 Å². The molecule has 0 spiro atoms. The van der Waals surface area contributed by atoms with Gasteiger partial charge in [0.2, 0.25) is 0 Å². The van der Waals surface area contributed by atoms with Gasteiger partial charge >= 0.3 is 0 Å². The Bertz CT molecular complexity index is 1470. The molecule has 0 fully saturated rings. The minimum atomic E-state index is -0.759. The van der Waals surface area contributed by atoms with Gasteiger partial charge in [-0.1, -0.05) is 66.2 Å². The number of thiocarbonyl (C=S) groups is 1. The molecule has 0 aliphatic rings. The Morgan fingerprint density at radius 1 is 0.800 bits per heavy atom. The van der Waals surface area contributed by atoms with Gasteiger partial charge < -0.3 is 20.1 Å². The fraction of sp³-hybridized carbons (Fsp3) is 0.129. The van der Waals surface area contributed by atoms with Crippen LogP contribution in [-0.4, -0.2) is 29.6 Å². The topological polar surface area (TPSA) is 88.7 Å². The number of anilines is 2. The summed E-state index contributed by atoms with van der Waals surface area (Å²) in [6.45, 7) is 2.08. The third kappa shape index (κ3) is 8.30. The van der Waals surface area contributed by atoms with E-state index in [0.717, 1.165) is 12.0 Å². The Morgan fingerprint density at radius 3 is 2.10 bits per heavy atom. The smallest absolute Gasteiger partial charge is 0.265 e. The van der Waals surface area contributed by atoms with Gasteiger partial charge in [-0.3, -0.25) is 14.9 Å². The van der Waals surface area contributed by atoms with E-state index in [0.29, 0.717) is 40.1 Å². The molecule has 1 unspecified atom stereocenters. The molecule has 4 aromatic rings. The number of carbonyl (C=O) groups is 2. The second-order valence-corrected chi connectivity index (χ2v) is 9.56. The average Bonchev–Trinajstić information content (AvgIpc) is 2.96. The van der Waals surface area contributed by atoms with Crippen LogP contribution in [0, 0.1) is 0 Å². The lowest BCUT2D eigenvalue weighted by Gasteiger charge is -2.16. The molecule has 40 heavy (non-hydrogen) atoms. The summed E-state index contributed by atoms with van der Waals surface area (Å²) in [6, 6.07) is 30.9. The summed E-state index contributed by atoms with van der Waals surface area (Å²) < 4.78 is 11.5. The summed E-state index contributed by atoms with van der Waals surface area (Å²) in [7, 11) is 0. The van der Waals surface area contributed by atoms with Gasteiger partial charge in [-0.15, -0.1) is 0 Å². The van der Waals surface area contributed by atoms with Gasteiger partial charge in [0.25, 0.3) is 11.8 Å². The number of nitrogens with one attached hydrogen (secondary N) is 3. The second kappa shape index (κ2) is 14.1. The van der Waals surface area contributed by atoms with Crippen molar-refractivity contribution in [1.82, 2.24) is 5.32 Å². The fourth-order valence-electron chi connectivity index (χ4n) is 3.70. The molecule has 3 N–H and O–H groups in total. The monoisotopic (exact) mass is 573 g/mol. The van der Waals surface area contributed by atoms with E-state index in [4.69, 9.17) is 33.3 Å². The minimum Gasteiger partial charge on any atom is -0.492 e. The molecule has 0 aliphatic carbocycles. The maximum absolute atomic E-state index is 12.9. The van der Waals surface area contributed by atoms with Gasteiger partial charge in [-0.05, 0) is 73.2 Å². The lowest BCUT2D eigenvalue weighted by Crippen LogP contribution is -2.34. The van der Waals surface area contributed by atoms with E-state index < -0.39 is 6.10 Å². The number of para-hydroxylation sites is 2. The van der Waals surface area contributed by atoms with Gasteiger partial charge in [0.1, 0.15) is 11.5 Å². The summed E-state index contributed by atoms with van der Waals surface area (Å²) in [5, 5.41) is 9.02. The first kappa shape index (κ1) is 28.6. The van der Waals surface area contributed by atoms with Gasteiger partial charge in [-0.25, -0.2) is 0 Å². The molecule has 1 atom stereocenters. The number of hydrogen-bond donors (Lipinski definition) is 3. The van der Waals surface area contributed by atoms with Crippen LogP contribution in [-0.2, 0) is 11.2 Å². The first-order valence-electron chi connectivity index (χ1n) is 12.6. The third-order valence-corrected chi connectivity index (χ3v) is 6.29. The quantitative estimate of drug-likeness (QED) is 0.188. The van der Waals surface area contributed by atoms with Gasteiger partial charge in [0.15, 0.2) is 11.2 Å². The Balaban J connectivity index is 1.27. The predicted molar refractivity (Wildman–Crippen MR) is 162 cm³/mol. The van der Waals surface area contributed by atoms with Crippen LogP contribution in [0.3, 0.4) is 0 Å². The first-order chi connectivity index (χ1) is 19.4. The molecule has 0 bridgehead atoms. The van der Waals surface area contributed by atoms with Crippen LogP contribution in [0.2, 0.25) is 5.02 Å². The molecule has 0 aromatic heterocycles. The first-order valence-corrected chi connectivity index (χ1v) is 13.4. The molecule has 9 heteroatoms. The standard InChI is InChI=1S/C31H28ClN3O4S/c1-21(39-28-14-8-6-12-26(28)32)29(36)33-23-15-17-24(18-16-23)34-31(40)35-30(37)25-11-5-7-13-27(25)38-20-19-22-9-3-2-4-10-22/h2-18,21H,19-20H2,1H3,(H,33,36)(H2,34,35,37,40). The summed E-state index contributed by atoms with van der Waals surface area (Å²) in [5.74, 6) is 0.201. The number of hydrogen-bond acceptors (Lipinski definition) is 5. The number of rotatable bonds is 10. The second-order valence-electron chi connectivity index (χ2n) is 8.75. The normalized spacial score (nSPS) is 11.2. The van der Waals surface area contributed by atoms with Crippen molar-refractivity contribution in [3.63, 3.8) is 0 Å². The molecule has 7 nitrogen and oxygen atoms in total. The van der Waals surface area contributed by atoms with E-state index in [9.17, 15) is 9.59 Å². The SMILES string of the molecule is CC(Oc1ccccc1Cl)C(=O)Nc1ccc(NC(=S)NC(=O)c2ccccc2OCCc2ccccc2)cc1. The average molecular weight is 574 g/mol. The summed E-state index contributed by atoms with van der Waals surface area (Å²) in [4.78, 5) is 25.4. The molecule has 0 heterocycles. The number of ether oxygens (including phenoxy) is 2. The Hall–Kier alpha value is -4.40. The lowest BCUT2D eigenvalue weighted by atomic mass is 10.1. The number of carbonyl (C=O) groups excluding carboxylic acids is 2. The Kier molecular flexibility index (Phi) is 10.1. The highest BCUT2D eigenvalue weighted by Gasteiger charge is 2.17. The van der Waals surface area contributed by atoms with Gasteiger partial charge in [0.05, 0.1) is 17.2 Å². The van der Waals surface area contributed by atoms with Crippen molar-refractivity contribution in [2.24, 2.45) is 0 Å². The molecule has 4 rings (SSSR count). The molecular weight excluding hydrogens is 546 g/mol. The minimum absolute atomic E-state index is 0.127. The van der Waals surface area contributed by atoms with Gasteiger partial charge in [0, 0.05) is 17.8 Å². The predicted octanol–water partition coefficient (Wildman–Crippen LogP) is 6.49. The largest absolute Gasteiger partial charge is 0.492 e. The lowest BCUT2D eigenvalue weighted by molar-refractivity contribution is -0.122. The molecular formula is C31H28ClN3O4S. The van der Waals surface area contributed by atoms with Gasteiger partial charge in [-0.2, -0.15) is 0 Å². The maximum Gasteiger partial charge on any atom is 0.265 e. The molecule has 204 valence electrons. The van der Waals surface area contributed by atoms with Crippen molar-refractivity contribution in [2.75, 3.05) is 17.2 Å². The van der Waals surface area contributed by atoms with Crippen LogP contribution in [0.25, 0.3) is 0 Å². The number of amides is 2. The molecule has 0 saturated carbocycles. The highest BCUT2D eigenvalue weighted by atomic mass is 35.5. The summed E-state index contributed by atoms with van der Waals surface area (Å²) in [5.41, 5.74) is 2.74. The van der Waals surface area contributed by atoms with Crippen LogP contribution in [0.1, 0.15) is 22.8 Å². The van der Waals surface area contributed by atoms with Crippen molar-refractivity contribution in [3.8, 4) is 11.5 Å². The Morgan fingerprint density at radius 2 is 1.40 bits per heavy atom. The van der Waals surface area contributed by atoms with E-state index in [1.165, 1.54) is 0 Å². The molecule has 4 aromatic carbocycles.